The van der Waals surface area contributed by atoms with Crippen LogP contribution in [0.15, 0.2) is 47.4 Å². The van der Waals surface area contributed by atoms with Crippen LogP contribution in [0, 0.1) is 0 Å². The van der Waals surface area contributed by atoms with Crippen molar-refractivity contribution in [3.63, 3.8) is 0 Å². The summed E-state index contributed by atoms with van der Waals surface area (Å²) in [6.45, 7) is 3.02. The van der Waals surface area contributed by atoms with Gasteiger partial charge in [0, 0.05) is 6.54 Å². The Morgan fingerprint density at radius 1 is 1.08 bits per heavy atom. The van der Waals surface area contributed by atoms with Crippen molar-refractivity contribution in [3.05, 3.63) is 59.2 Å². The number of piperidine rings is 1. The average molecular weight is 539 g/mol. The Bertz CT molecular complexity index is 1210. The van der Waals surface area contributed by atoms with Crippen molar-refractivity contribution < 1.29 is 26.4 Å². The molecule has 7 nitrogen and oxygen atoms in total. The molecule has 2 atom stereocenters. The van der Waals surface area contributed by atoms with E-state index in [1.54, 1.807) is 4.72 Å². The van der Waals surface area contributed by atoms with Crippen molar-refractivity contribution >= 4 is 21.6 Å². The second-order valence-electron chi connectivity index (χ2n) is 9.84. The Kier molecular flexibility index (Phi) is 8.45. The molecule has 11 heteroatoms. The van der Waals surface area contributed by atoms with E-state index in [9.17, 15) is 26.4 Å². The van der Waals surface area contributed by atoms with E-state index in [1.807, 2.05) is 12.1 Å². The number of anilines is 1. The second kappa shape index (κ2) is 11.4. The summed E-state index contributed by atoms with van der Waals surface area (Å²) >= 11 is 0. The van der Waals surface area contributed by atoms with Gasteiger partial charge in [-0.3, -0.25) is 9.69 Å². The van der Waals surface area contributed by atoms with Crippen LogP contribution in [0.5, 0.6) is 0 Å². The number of carbonyl (C=O) groups is 1. The number of nitrogens with two attached hydrogens (primary N) is 1. The van der Waals surface area contributed by atoms with Crippen LogP contribution in [0.4, 0.5) is 18.9 Å². The maximum absolute atomic E-state index is 13.7. The Morgan fingerprint density at radius 2 is 1.81 bits per heavy atom. The van der Waals surface area contributed by atoms with Crippen molar-refractivity contribution in [1.29, 1.82) is 0 Å². The highest BCUT2D eigenvalue weighted by Crippen LogP contribution is 2.32. The molecule has 1 aliphatic carbocycles. The standard InChI is InChI=1S/C26H33F3N4O3S/c27-26(28,29)24(32-37(35,36)23-10-3-2-8-21(23)30)16-25(34)31-22-9-6-7-19-15-18(11-12-20(19)22)17-33-13-4-1-5-14-33/h2-3,8,10-12,15,22,24,32H,1,4-7,9,13-14,16-17,30H2,(H,31,34)/t22-,24-/m1/s1. The fourth-order valence-corrected chi connectivity index (χ4v) is 6.49. The maximum Gasteiger partial charge on any atom is 0.405 e. The molecule has 0 spiro atoms. The largest absolute Gasteiger partial charge is 0.405 e. The summed E-state index contributed by atoms with van der Waals surface area (Å²) in [6, 6.07) is 8.34. The number of rotatable bonds is 8. The molecule has 1 aliphatic heterocycles. The van der Waals surface area contributed by atoms with Gasteiger partial charge in [-0.2, -0.15) is 17.9 Å². The number of sulfonamides is 1. The first-order valence-corrected chi connectivity index (χ1v) is 14.1. The Morgan fingerprint density at radius 3 is 2.51 bits per heavy atom. The van der Waals surface area contributed by atoms with Gasteiger partial charge in [0.2, 0.25) is 15.9 Å². The molecule has 2 aromatic carbocycles. The van der Waals surface area contributed by atoms with Gasteiger partial charge in [-0.1, -0.05) is 36.8 Å². The van der Waals surface area contributed by atoms with Crippen LogP contribution in [0.25, 0.3) is 0 Å². The number of benzene rings is 2. The van der Waals surface area contributed by atoms with Gasteiger partial charge in [0.25, 0.3) is 0 Å². The van der Waals surface area contributed by atoms with Crippen LogP contribution in [-0.2, 0) is 27.8 Å². The number of likely N-dealkylation sites (tertiary alicyclic amines) is 1. The number of aryl methyl sites for hydroxylation is 1. The Labute approximate surface area is 215 Å². The van der Waals surface area contributed by atoms with Crippen molar-refractivity contribution in [2.75, 3.05) is 18.8 Å². The molecule has 4 rings (SSSR count). The number of para-hydroxylation sites is 1. The third-order valence-electron chi connectivity index (χ3n) is 7.00. The van der Waals surface area contributed by atoms with Gasteiger partial charge >= 0.3 is 6.18 Å². The minimum Gasteiger partial charge on any atom is -0.398 e. The van der Waals surface area contributed by atoms with E-state index in [0.29, 0.717) is 6.42 Å². The maximum atomic E-state index is 13.7. The molecule has 202 valence electrons. The van der Waals surface area contributed by atoms with E-state index in [-0.39, 0.29) is 5.69 Å². The molecule has 1 fully saturated rings. The highest BCUT2D eigenvalue weighted by Gasteiger charge is 2.44. The van der Waals surface area contributed by atoms with Gasteiger partial charge in [0.05, 0.1) is 18.2 Å². The first kappa shape index (κ1) is 27.4. The molecule has 0 unspecified atom stereocenters. The summed E-state index contributed by atoms with van der Waals surface area (Å²) in [7, 11) is -4.60. The van der Waals surface area contributed by atoms with Gasteiger partial charge in [-0.25, -0.2) is 8.42 Å². The first-order chi connectivity index (χ1) is 17.5. The molecule has 2 aliphatic rings. The number of halogens is 3. The van der Waals surface area contributed by atoms with E-state index in [0.717, 1.165) is 49.7 Å². The fraction of sp³-hybridized carbons (Fsp3) is 0.500. The van der Waals surface area contributed by atoms with E-state index in [1.165, 1.54) is 43.0 Å². The van der Waals surface area contributed by atoms with Crippen LogP contribution < -0.4 is 15.8 Å². The van der Waals surface area contributed by atoms with E-state index >= 15 is 0 Å². The molecule has 1 amide bonds. The molecule has 1 saturated heterocycles. The summed E-state index contributed by atoms with van der Waals surface area (Å²) in [5, 5.41) is 2.71. The van der Waals surface area contributed by atoms with Crippen LogP contribution in [0.1, 0.15) is 61.3 Å². The van der Waals surface area contributed by atoms with E-state index in [4.69, 9.17) is 5.73 Å². The zero-order valence-electron chi connectivity index (χ0n) is 20.6. The third kappa shape index (κ3) is 7.03. The van der Waals surface area contributed by atoms with E-state index in [2.05, 4.69) is 16.3 Å². The van der Waals surface area contributed by atoms with E-state index < -0.39 is 45.5 Å². The lowest BCUT2D eigenvalue weighted by Gasteiger charge is -2.30. The highest BCUT2D eigenvalue weighted by molar-refractivity contribution is 7.89. The third-order valence-corrected chi connectivity index (χ3v) is 8.55. The van der Waals surface area contributed by atoms with Crippen LogP contribution in [0.3, 0.4) is 0 Å². The quantitative estimate of drug-likeness (QED) is 0.440. The van der Waals surface area contributed by atoms with Crippen molar-refractivity contribution in [1.82, 2.24) is 14.9 Å². The summed E-state index contributed by atoms with van der Waals surface area (Å²) in [6.07, 6.45) is -0.130. The molecule has 1 heterocycles. The molecule has 0 bridgehead atoms. The minimum atomic E-state index is -4.97. The number of nitrogens with one attached hydrogen (secondary N) is 2. The van der Waals surface area contributed by atoms with Crippen LogP contribution in [-0.4, -0.2) is 44.5 Å². The Balaban J connectivity index is 1.43. The predicted octanol–water partition coefficient (Wildman–Crippen LogP) is 4.05. The zero-order valence-corrected chi connectivity index (χ0v) is 21.4. The number of nitrogen functional groups attached to an aromatic ring is 1. The lowest BCUT2D eigenvalue weighted by molar-refractivity contribution is -0.158. The highest BCUT2D eigenvalue weighted by atomic mass is 32.2. The van der Waals surface area contributed by atoms with Gasteiger partial charge in [0.1, 0.15) is 10.9 Å². The number of carbonyl (C=O) groups excluding carboxylic acids is 1. The number of fused-ring (bicyclic) bond motifs is 1. The molecule has 4 N–H and O–H groups in total. The van der Waals surface area contributed by atoms with Gasteiger partial charge in [0.15, 0.2) is 0 Å². The monoisotopic (exact) mass is 538 g/mol. The number of hydrogen-bond acceptors (Lipinski definition) is 5. The van der Waals surface area contributed by atoms with Gasteiger partial charge in [-0.05, 0) is 74.0 Å². The van der Waals surface area contributed by atoms with Crippen LogP contribution >= 0.6 is 0 Å². The van der Waals surface area contributed by atoms with Gasteiger partial charge in [-0.15, -0.1) is 0 Å². The summed E-state index contributed by atoms with van der Waals surface area (Å²) in [4.78, 5) is 14.7. The first-order valence-electron chi connectivity index (χ1n) is 12.6. The van der Waals surface area contributed by atoms with Crippen molar-refractivity contribution in [2.45, 2.75) is 74.6 Å². The van der Waals surface area contributed by atoms with Crippen molar-refractivity contribution in [3.8, 4) is 0 Å². The number of nitrogens with zero attached hydrogens (tertiary/aromatic N) is 1. The summed E-state index contributed by atoms with van der Waals surface area (Å²) in [5.41, 5.74) is 8.66. The van der Waals surface area contributed by atoms with Gasteiger partial charge < -0.3 is 11.1 Å². The average Bonchev–Trinajstić information content (AvgIpc) is 2.84. The SMILES string of the molecule is Nc1ccccc1S(=O)(=O)N[C@H](CC(=O)N[C@@H]1CCCc2cc(CN3CCCCC3)ccc21)C(F)(F)F. The minimum absolute atomic E-state index is 0.182. The Hall–Kier alpha value is -2.63. The predicted molar refractivity (Wildman–Crippen MR) is 135 cm³/mol. The number of hydrogen-bond donors (Lipinski definition) is 3. The molecular weight excluding hydrogens is 505 g/mol. The number of amides is 1. The number of alkyl halides is 3. The zero-order chi connectivity index (χ0) is 26.6. The lowest BCUT2D eigenvalue weighted by atomic mass is 9.86. The topological polar surface area (TPSA) is 105 Å². The summed E-state index contributed by atoms with van der Waals surface area (Å²) in [5.74, 6) is -0.874. The molecular formula is C26H33F3N4O3S. The van der Waals surface area contributed by atoms with Crippen LogP contribution in [0.2, 0.25) is 0 Å². The second-order valence-corrected chi connectivity index (χ2v) is 11.5. The normalized spacial score (nSPS) is 19.7. The van der Waals surface area contributed by atoms with Crippen molar-refractivity contribution in [2.24, 2.45) is 0 Å². The smallest absolute Gasteiger partial charge is 0.398 e. The molecule has 37 heavy (non-hydrogen) atoms. The summed E-state index contributed by atoms with van der Waals surface area (Å²) < 4.78 is 68.0. The fourth-order valence-electron chi connectivity index (χ4n) is 5.13. The molecule has 0 radical (unpaired) electrons. The molecule has 2 aromatic rings. The molecule has 0 aromatic heterocycles. The lowest BCUT2D eigenvalue weighted by Crippen LogP contribution is -2.48. The molecule has 0 saturated carbocycles.